The highest BCUT2D eigenvalue weighted by atomic mass is 15.2. The molecule has 2 rings (SSSR count). The molecule has 0 unspecified atom stereocenters. The van der Waals surface area contributed by atoms with Crippen LogP contribution in [-0.4, -0.2) is 20.5 Å². The average Bonchev–Trinajstić information content (AvgIpc) is 2.45. The summed E-state index contributed by atoms with van der Waals surface area (Å²) < 4.78 is 0. The molecule has 0 saturated carbocycles. The molecule has 0 fully saturated rings. The van der Waals surface area contributed by atoms with Gasteiger partial charge in [0.1, 0.15) is 5.82 Å². The van der Waals surface area contributed by atoms with E-state index >= 15 is 0 Å². The zero-order chi connectivity index (χ0) is 17.3. The van der Waals surface area contributed by atoms with E-state index in [4.69, 9.17) is 0 Å². The molecule has 0 spiro atoms. The zero-order valence-electron chi connectivity index (χ0n) is 15.1. The molecule has 1 aromatic heterocycles. The van der Waals surface area contributed by atoms with Crippen LogP contribution >= 0.6 is 0 Å². The van der Waals surface area contributed by atoms with E-state index in [9.17, 15) is 0 Å². The highest BCUT2D eigenvalue weighted by Crippen LogP contribution is 2.12. The fraction of sp³-hybridized carbons (Fsp3) is 0.500. The van der Waals surface area contributed by atoms with Crippen LogP contribution in [0.5, 0.6) is 0 Å². The van der Waals surface area contributed by atoms with E-state index in [2.05, 4.69) is 72.3 Å². The molecule has 2 aromatic rings. The van der Waals surface area contributed by atoms with Crippen LogP contribution in [0.1, 0.15) is 52.4 Å². The lowest BCUT2D eigenvalue weighted by Crippen LogP contribution is -2.27. The van der Waals surface area contributed by atoms with Gasteiger partial charge in [0.05, 0.1) is 0 Å². The lowest BCUT2D eigenvalue weighted by molar-refractivity contribution is 0.624. The average molecular weight is 315 g/mol. The van der Waals surface area contributed by atoms with Crippen molar-refractivity contribution in [2.45, 2.75) is 60.0 Å². The summed E-state index contributed by atoms with van der Waals surface area (Å²) in [5.41, 5.74) is 1.11. The number of rotatable bonds is 4. The largest absolute Gasteiger partial charge is 0.350 e. The third kappa shape index (κ3) is 8.14. The van der Waals surface area contributed by atoms with Crippen molar-refractivity contribution in [3.05, 3.63) is 41.7 Å². The molecule has 1 aromatic carbocycles. The van der Waals surface area contributed by atoms with Crippen molar-refractivity contribution >= 4 is 11.9 Å². The third-order valence-corrected chi connectivity index (χ3v) is 2.53. The molecule has 2 N–H and O–H groups in total. The van der Waals surface area contributed by atoms with E-state index in [-0.39, 0.29) is 5.54 Å². The zero-order valence-corrected chi connectivity index (χ0v) is 15.1. The van der Waals surface area contributed by atoms with E-state index in [0.29, 0.717) is 24.3 Å². The minimum absolute atomic E-state index is 0.0789. The van der Waals surface area contributed by atoms with Gasteiger partial charge in [0.25, 0.3) is 0 Å². The summed E-state index contributed by atoms with van der Waals surface area (Å²) >= 11 is 0. The van der Waals surface area contributed by atoms with Crippen molar-refractivity contribution in [2.24, 2.45) is 0 Å². The predicted molar refractivity (Wildman–Crippen MR) is 97.7 cm³/mol. The van der Waals surface area contributed by atoms with Gasteiger partial charge in [-0.3, -0.25) is 0 Å². The van der Waals surface area contributed by atoms with E-state index in [0.717, 1.165) is 0 Å². The number of benzene rings is 1. The molecule has 0 atom stereocenters. The van der Waals surface area contributed by atoms with Gasteiger partial charge in [-0.05, 0) is 33.3 Å². The van der Waals surface area contributed by atoms with E-state index in [1.165, 1.54) is 12.0 Å². The van der Waals surface area contributed by atoms with Crippen LogP contribution in [0.15, 0.2) is 30.3 Å². The van der Waals surface area contributed by atoms with Crippen molar-refractivity contribution in [3.63, 3.8) is 0 Å². The molecule has 0 aliphatic heterocycles. The lowest BCUT2D eigenvalue weighted by atomic mass is 10.1. The van der Waals surface area contributed by atoms with Crippen molar-refractivity contribution in [1.82, 2.24) is 15.0 Å². The summed E-state index contributed by atoms with van der Waals surface area (Å²) in [6.45, 7) is 13.0. The Kier molecular flexibility index (Phi) is 7.45. The van der Waals surface area contributed by atoms with Gasteiger partial charge in [-0.1, -0.05) is 50.6 Å². The first-order valence-corrected chi connectivity index (χ1v) is 8.12. The van der Waals surface area contributed by atoms with Crippen LogP contribution in [0, 0.1) is 6.92 Å². The Hall–Kier alpha value is -2.17. The first-order valence-electron chi connectivity index (χ1n) is 8.12. The first-order chi connectivity index (χ1) is 10.8. The fourth-order valence-electron chi connectivity index (χ4n) is 1.73. The summed E-state index contributed by atoms with van der Waals surface area (Å²) in [4.78, 5) is 13.0. The highest BCUT2D eigenvalue weighted by Gasteiger charge is 2.12. The quantitative estimate of drug-likeness (QED) is 0.874. The maximum atomic E-state index is 4.39. The molecule has 23 heavy (non-hydrogen) atoms. The lowest BCUT2D eigenvalue weighted by Gasteiger charge is -2.20. The number of hydrogen-bond acceptors (Lipinski definition) is 5. The molecule has 5 heteroatoms. The number of hydrogen-bond donors (Lipinski definition) is 2. The van der Waals surface area contributed by atoms with Gasteiger partial charge >= 0.3 is 0 Å². The first kappa shape index (κ1) is 18.9. The minimum Gasteiger partial charge on any atom is -0.350 e. The molecule has 5 nitrogen and oxygen atoms in total. The van der Waals surface area contributed by atoms with Gasteiger partial charge < -0.3 is 10.6 Å². The fourth-order valence-corrected chi connectivity index (χ4v) is 1.73. The Balaban J connectivity index is 0.000000816. The Labute approximate surface area is 140 Å². The third-order valence-electron chi connectivity index (χ3n) is 2.53. The van der Waals surface area contributed by atoms with Crippen molar-refractivity contribution < 1.29 is 0 Å². The molecule has 1 heterocycles. The predicted octanol–water partition coefficient (Wildman–Crippen LogP) is 4.42. The maximum Gasteiger partial charge on any atom is 0.228 e. The van der Waals surface area contributed by atoms with E-state index < -0.39 is 0 Å². The molecule has 0 aliphatic carbocycles. The number of nitrogens with zero attached hydrogens (tertiary/aromatic N) is 3. The van der Waals surface area contributed by atoms with Crippen LogP contribution in [0.3, 0.4) is 0 Å². The summed E-state index contributed by atoms with van der Waals surface area (Å²) in [7, 11) is 0. The molecule has 0 radical (unpaired) electrons. The van der Waals surface area contributed by atoms with Crippen LogP contribution in [0.4, 0.5) is 11.9 Å². The molecule has 0 bridgehead atoms. The minimum atomic E-state index is -0.0789. The number of aromatic nitrogens is 3. The second kappa shape index (κ2) is 9.08. The highest BCUT2D eigenvalue weighted by molar-refractivity contribution is 5.36. The van der Waals surface area contributed by atoms with Crippen LogP contribution < -0.4 is 10.6 Å². The monoisotopic (exact) mass is 315 g/mol. The van der Waals surface area contributed by atoms with E-state index in [1.54, 1.807) is 0 Å². The van der Waals surface area contributed by atoms with Gasteiger partial charge in [0, 0.05) is 12.1 Å². The number of anilines is 2. The summed E-state index contributed by atoms with van der Waals surface area (Å²) in [6.07, 6.45) is 1.25. The Morgan fingerprint density at radius 2 is 1.48 bits per heavy atom. The Bertz CT molecular complexity index is 576. The van der Waals surface area contributed by atoms with Crippen LogP contribution in [-0.2, 0) is 6.54 Å². The van der Waals surface area contributed by atoms with Gasteiger partial charge in [-0.15, -0.1) is 0 Å². The summed E-state index contributed by atoms with van der Waals surface area (Å²) in [6, 6.07) is 10.2. The van der Waals surface area contributed by atoms with Gasteiger partial charge in [-0.2, -0.15) is 15.0 Å². The number of nitrogens with one attached hydrogen (secondary N) is 2. The summed E-state index contributed by atoms with van der Waals surface area (Å²) in [5, 5.41) is 6.48. The molecular formula is C18H29N5. The molecule has 0 amide bonds. The molecular weight excluding hydrogens is 286 g/mol. The normalized spacial score (nSPS) is 10.5. The molecule has 126 valence electrons. The van der Waals surface area contributed by atoms with Gasteiger partial charge in [0.15, 0.2) is 0 Å². The topological polar surface area (TPSA) is 62.7 Å². The van der Waals surface area contributed by atoms with E-state index in [1.807, 2.05) is 25.1 Å². The van der Waals surface area contributed by atoms with Crippen molar-refractivity contribution in [1.29, 1.82) is 0 Å². The standard InChI is InChI=1S/C15H21N5.C3H8/c1-11-17-13(16-10-12-8-6-5-7-9-12)19-14(18-11)20-15(2,3)4;1-3-2/h5-9H,10H2,1-4H3,(H2,16,17,18,19,20);3H2,1-2H3. The molecule has 0 aliphatic rings. The maximum absolute atomic E-state index is 4.39. The second-order valence-corrected chi connectivity index (χ2v) is 6.45. The Morgan fingerprint density at radius 3 is 2.04 bits per heavy atom. The molecule has 0 saturated heterocycles. The van der Waals surface area contributed by atoms with Crippen LogP contribution in [0.25, 0.3) is 0 Å². The van der Waals surface area contributed by atoms with Gasteiger partial charge in [0.2, 0.25) is 11.9 Å². The number of aryl methyl sites for hydroxylation is 1. The van der Waals surface area contributed by atoms with Crippen molar-refractivity contribution in [3.8, 4) is 0 Å². The SMILES string of the molecule is CCC.Cc1nc(NCc2ccccc2)nc(NC(C)(C)C)n1. The van der Waals surface area contributed by atoms with Crippen LogP contribution in [0.2, 0.25) is 0 Å². The summed E-state index contributed by atoms with van der Waals surface area (Å²) in [5.74, 6) is 1.89. The van der Waals surface area contributed by atoms with Gasteiger partial charge in [-0.25, -0.2) is 0 Å². The Morgan fingerprint density at radius 1 is 0.913 bits per heavy atom. The smallest absolute Gasteiger partial charge is 0.228 e. The second-order valence-electron chi connectivity index (χ2n) is 6.45. The van der Waals surface area contributed by atoms with Crippen molar-refractivity contribution in [2.75, 3.05) is 10.6 Å².